The number of para-hydroxylation sites is 1. The van der Waals surface area contributed by atoms with Gasteiger partial charge in [0.2, 0.25) is 0 Å². The van der Waals surface area contributed by atoms with E-state index in [1.807, 2.05) is 0 Å². The number of halogens is 5. The van der Waals surface area contributed by atoms with Crippen molar-refractivity contribution in [1.82, 2.24) is 14.7 Å². The Morgan fingerprint density at radius 3 is 2.34 bits per heavy atom. The van der Waals surface area contributed by atoms with E-state index in [0.717, 1.165) is 28.2 Å². The molecule has 0 aliphatic rings. The molecule has 2 aromatic heterocycles. The van der Waals surface area contributed by atoms with Crippen molar-refractivity contribution in [2.45, 2.75) is 11.8 Å². The molecule has 1 atom stereocenters. The Bertz CT molecular complexity index is 1050. The fourth-order valence-electron chi connectivity index (χ4n) is 2.63. The second-order valence-electron chi connectivity index (χ2n) is 6.33. The number of alkyl halides is 5. The third-order valence-electron chi connectivity index (χ3n) is 3.97. The van der Waals surface area contributed by atoms with Gasteiger partial charge in [-0.15, -0.1) is 11.3 Å². The molecule has 0 fully saturated rings. The van der Waals surface area contributed by atoms with Crippen LogP contribution in [0.5, 0.6) is 0 Å². The molecule has 0 saturated carbocycles. The minimum atomic E-state index is -4.77. The quantitative estimate of drug-likeness (QED) is 0.405. The molecule has 11 heteroatoms. The van der Waals surface area contributed by atoms with Crippen molar-refractivity contribution in [3.05, 3.63) is 58.6 Å². The summed E-state index contributed by atoms with van der Waals surface area (Å²) in [5.74, 6) is -0.319. The smallest absolute Gasteiger partial charge is 0.344 e. The van der Waals surface area contributed by atoms with Crippen molar-refractivity contribution in [2.24, 2.45) is 0 Å². The molecule has 1 amide bonds. The van der Waals surface area contributed by atoms with E-state index in [1.54, 1.807) is 14.1 Å². The fourth-order valence-corrected chi connectivity index (χ4v) is 3.90. The number of aromatic nitrogens is 2. The van der Waals surface area contributed by atoms with Crippen LogP contribution in [0.3, 0.4) is 0 Å². The number of carbonyl (C=O) groups is 1. The Morgan fingerprint density at radius 1 is 1.10 bits per heavy atom. The number of benzene rings is 1. The largest absolute Gasteiger partial charge is 0.435 e. The van der Waals surface area contributed by atoms with E-state index in [9.17, 15) is 26.7 Å². The van der Waals surface area contributed by atoms with Gasteiger partial charge < -0.3 is 4.90 Å². The molecular weight excluding hydrogens is 432 g/mol. The molecular formula is C18H15F5N3OPS. The number of amides is 1. The Morgan fingerprint density at radius 2 is 1.76 bits per heavy atom. The monoisotopic (exact) mass is 447 g/mol. The second kappa shape index (κ2) is 7.50. The first-order valence-electron chi connectivity index (χ1n) is 8.15. The van der Waals surface area contributed by atoms with Crippen molar-refractivity contribution in [1.29, 1.82) is 0 Å². The van der Waals surface area contributed by atoms with Gasteiger partial charge in [0.05, 0.1) is 26.7 Å². The first kappa shape index (κ1) is 21.4. The zero-order valence-electron chi connectivity index (χ0n) is 15.2. The number of nitrogens with zero attached hydrogens (tertiary/aromatic N) is 3. The Balaban J connectivity index is 2.23. The molecule has 0 aliphatic heterocycles. The van der Waals surface area contributed by atoms with E-state index in [1.165, 1.54) is 44.5 Å². The molecule has 0 bridgehead atoms. The molecule has 0 saturated heterocycles. The van der Waals surface area contributed by atoms with Gasteiger partial charge in [-0.05, 0) is 24.3 Å². The van der Waals surface area contributed by atoms with Crippen LogP contribution in [0, 0.1) is 0 Å². The SMILES string of the molecule is CN(C)C(=O)c1ccc(-c2cc(C(F)(F)F)nn2-c2ccccc2C(F)(F)P)s1. The molecule has 2 heterocycles. The molecule has 0 aliphatic carbocycles. The van der Waals surface area contributed by atoms with Gasteiger partial charge >= 0.3 is 6.18 Å². The average Bonchev–Trinajstić information content (AvgIpc) is 3.26. The number of rotatable bonds is 4. The van der Waals surface area contributed by atoms with Gasteiger partial charge in [0.1, 0.15) is 0 Å². The lowest BCUT2D eigenvalue weighted by atomic mass is 10.1. The number of hydrogen-bond donors (Lipinski definition) is 0. The maximum atomic E-state index is 14.0. The molecule has 0 N–H and O–H groups in total. The van der Waals surface area contributed by atoms with Crippen molar-refractivity contribution >= 4 is 26.5 Å². The Hall–Kier alpha value is -2.32. The maximum absolute atomic E-state index is 14.0. The molecule has 4 nitrogen and oxygen atoms in total. The zero-order valence-corrected chi connectivity index (χ0v) is 17.1. The van der Waals surface area contributed by atoms with Crippen molar-refractivity contribution in [3.63, 3.8) is 0 Å². The Labute approximate surface area is 169 Å². The van der Waals surface area contributed by atoms with Gasteiger partial charge in [-0.1, -0.05) is 27.4 Å². The molecule has 3 rings (SSSR count). The molecule has 0 spiro atoms. The summed E-state index contributed by atoms with van der Waals surface area (Å²) in [6, 6.07) is 8.92. The van der Waals surface area contributed by atoms with E-state index in [0.29, 0.717) is 9.75 Å². The summed E-state index contributed by atoms with van der Waals surface area (Å²) < 4.78 is 68.8. The van der Waals surface area contributed by atoms with Crippen LogP contribution in [0.2, 0.25) is 0 Å². The summed E-state index contributed by atoms with van der Waals surface area (Å²) in [7, 11) is 4.47. The van der Waals surface area contributed by atoms with E-state index in [4.69, 9.17) is 0 Å². The van der Waals surface area contributed by atoms with Crippen LogP contribution in [0.15, 0.2) is 42.5 Å². The van der Waals surface area contributed by atoms with Crippen LogP contribution >= 0.6 is 20.6 Å². The van der Waals surface area contributed by atoms with Gasteiger partial charge in [0.25, 0.3) is 11.6 Å². The number of hydrogen-bond acceptors (Lipinski definition) is 3. The lowest BCUT2D eigenvalue weighted by molar-refractivity contribution is -0.141. The predicted octanol–water partition coefficient (Wildman–Crippen LogP) is 5.25. The summed E-state index contributed by atoms with van der Waals surface area (Å²) in [6.45, 7) is 0. The summed E-state index contributed by atoms with van der Waals surface area (Å²) >= 11 is 0.956. The van der Waals surface area contributed by atoms with Gasteiger partial charge in [0.15, 0.2) is 5.69 Å². The van der Waals surface area contributed by atoms with Crippen molar-refractivity contribution < 1.29 is 26.7 Å². The topological polar surface area (TPSA) is 38.1 Å². The standard InChI is InChI=1S/C18H15F5N3OPS/c1-25(2)16(27)14-8-7-13(29-14)12-9-15(17(19,20)21)24-26(12)11-6-4-3-5-10(11)18(22,23)28/h3-9H,28H2,1-2H3. The van der Waals surface area contributed by atoms with Crippen LogP contribution in [0.4, 0.5) is 22.0 Å². The lowest BCUT2D eigenvalue weighted by Crippen LogP contribution is -2.20. The van der Waals surface area contributed by atoms with Gasteiger partial charge in [-0.25, -0.2) is 4.68 Å². The lowest BCUT2D eigenvalue weighted by Gasteiger charge is -2.17. The summed E-state index contributed by atoms with van der Waals surface area (Å²) in [5, 5.41) is 3.55. The van der Waals surface area contributed by atoms with Gasteiger partial charge in [-0.2, -0.15) is 27.1 Å². The molecule has 29 heavy (non-hydrogen) atoms. The van der Waals surface area contributed by atoms with Gasteiger partial charge in [0, 0.05) is 14.1 Å². The van der Waals surface area contributed by atoms with E-state index < -0.39 is 23.1 Å². The molecule has 1 unspecified atom stereocenters. The van der Waals surface area contributed by atoms with Crippen LogP contribution < -0.4 is 0 Å². The van der Waals surface area contributed by atoms with E-state index in [2.05, 4.69) is 5.10 Å². The van der Waals surface area contributed by atoms with Crippen LogP contribution in [-0.2, 0) is 11.8 Å². The minimum absolute atomic E-state index is 0.0400. The van der Waals surface area contributed by atoms with Crippen molar-refractivity contribution in [3.8, 4) is 16.3 Å². The fraction of sp³-hybridized carbons (Fsp3) is 0.222. The molecule has 1 aromatic carbocycles. The van der Waals surface area contributed by atoms with E-state index >= 15 is 0 Å². The highest BCUT2D eigenvalue weighted by molar-refractivity contribution is 7.17. The normalized spacial score (nSPS) is 12.3. The third-order valence-corrected chi connectivity index (χ3v) is 5.37. The number of carbonyl (C=O) groups excluding carboxylic acids is 1. The van der Waals surface area contributed by atoms with Crippen LogP contribution in [-0.4, -0.2) is 34.7 Å². The third kappa shape index (κ3) is 4.33. The first-order chi connectivity index (χ1) is 13.4. The average molecular weight is 447 g/mol. The van der Waals surface area contributed by atoms with Gasteiger partial charge in [-0.3, -0.25) is 4.79 Å². The predicted molar refractivity (Wildman–Crippen MR) is 104 cm³/mol. The maximum Gasteiger partial charge on any atom is 0.435 e. The first-order valence-corrected chi connectivity index (χ1v) is 9.54. The van der Waals surface area contributed by atoms with Crippen LogP contribution in [0.25, 0.3) is 16.3 Å². The number of thiophene rings is 1. The van der Waals surface area contributed by atoms with E-state index in [-0.39, 0.29) is 17.3 Å². The zero-order chi connectivity index (χ0) is 21.6. The molecule has 3 aromatic rings. The second-order valence-corrected chi connectivity index (χ2v) is 8.14. The summed E-state index contributed by atoms with van der Waals surface area (Å²) in [4.78, 5) is 14.1. The van der Waals surface area contributed by atoms with Crippen molar-refractivity contribution in [2.75, 3.05) is 14.1 Å². The molecule has 154 valence electrons. The van der Waals surface area contributed by atoms with Crippen LogP contribution in [0.1, 0.15) is 20.9 Å². The highest BCUT2D eigenvalue weighted by Gasteiger charge is 2.37. The summed E-state index contributed by atoms with van der Waals surface area (Å²) in [5.41, 5.74) is -5.32. The summed E-state index contributed by atoms with van der Waals surface area (Å²) in [6.07, 6.45) is -4.77. The minimum Gasteiger partial charge on any atom is -0.344 e. The highest BCUT2D eigenvalue weighted by atomic mass is 32.1. The Kier molecular flexibility index (Phi) is 5.53. The highest BCUT2D eigenvalue weighted by Crippen LogP contribution is 2.41. The molecule has 0 radical (unpaired) electrons.